The van der Waals surface area contributed by atoms with Crippen LogP contribution < -0.4 is 5.32 Å². The highest BCUT2D eigenvalue weighted by molar-refractivity contribution is 5.80. The number of carbonyl (C=O) groups excluding carboxylic acids is 1. The molecule has 1 saturated heterocycles. The Hall–Kier alpha value is -1.65. The van der Waals surface area contributed by atoms with Gasteiger partial charge in [0.15, 0.2) is 0 Å². The van der Waals surface area contributed by atoms with Gasteiger partial charge in [0, 0.05) is 25.6 Å². The Morgan fingerprint density at radius 2 is 1.96 bits per heavy atom. The summed E-state index contributed by atoms with van der Waals surface area (Å²) in [6, 6.07) is 8.62. The summed E-state index contributed by atoms with van der Waals surface area (Å²) >= 11 is 0. The van der Waals surface area contributed by atoms with Gasteiger partial charge in [0.05, 0.1) is 19.3 Å². The van der Waals surface area contributed by atoms with Gasteiger partial charge in [-0.05, 0) is 37.2 Å². The molecule has 0 radical (unpaired) electrons. The summed E-state index contributed by atoms with van der Waals surface area (Å²) in [6.45, 7) is 6.40. The molecule has 1 amide bonds. The molecule has 1 aliphatic heterocycles. The van der Waals surface area contributed by atoms with E-state index in [1.54, 1.807) is 0 Å². The molecule has 1 aromatic rings. The predicted octanol–water partition coefficient (Wildman–Crippen LogP) is 2.70. The number of carbonyl (C=O) groups is 1. The van der Waals surface area contributed by atoms with Crippen molar-refractivity contribution in [3.05, 3.63) is 47.5 Å². The van der Waals surface area contributed by atoms with Gasteiger partial charge in [0.1, 0.15) is 0 Å². The van der Waals surface area contributed by atoms with E-state index in [-0.39, 0.29) is 17.9 Å². The van der Waals surface area contributed by atoms with Crippen molar-refractivity contribution in [3.8, 4) is 0 Å². The summed E-state index contributed by atoms with van der Waals surface area (Å²) in [5.74, 6) is 1.47. The second-order valence-electron chi connectivity index (χ2n) is 7.77. The molecule has 2 fully saturated rings. The molecule has 4 heteroatoms. The topological polar surface area (TPSA) is 41.6 Å². The van der Waals surface area contributed by atoms with Crippen LogP contribution in [0.1, 0.15) is 30.0 Å². The third-order valence-corrected chi connectivity index (χ3v) is 5.96. The molecule has 1 saturated carbocycles. The van der Waals surface area contributed by atoms with Crippen molar-refractivity contribution in [2.24, 2.45) is 17.8 Å². The number of nitrogens with zero attached hydrogens (tertiary/aromatic N) is 1. The maximum absolute atomic E-state index is 12.9. The van der Waals surface area contributed by atoms with Crippen LogP contribution in [0.25, 0.3) is 0 Å². The molecule has 1 N–H and O–H groups in total. The average Bonchev–Trinajstić information content (AvgIpc) is 3.26. The predicted molar refractivity (Wildman–Crippen MR) is 98.2 cm³/mol. The van der Waals surface area contributed by atoms with E-state index in [0.717, 1.165) is 45.7 Å². The molecule has 4 atom stereocenters. The second-order valence-corrected chi connectivity index (χ2v) is 7.77. The summed E-state index contributed by atoms with van der Waals surface area (Å²) in [4.78, 5) is 15.3. The largest absolute Gasteiger partial charge is 0.379 e. The first-order valence-electron chi connectivity index (χ1n) is 9.54. The van der Waals surface area contributed by atoms with Crippen molar-refractivity contribution in [1.82, 2.24) is 10.2 Å². The Kier molecular flexibility index (Phi) is 4.91. The number of hydrogen-bond acceptors (Lipinski definition) is 3. The molecule has 25 heavy (non-hydrogen) atoms. The van der Waals surface area contributed by atoms with Crippen LogP contribution in [-0.4, -0.2) is 43.7 Å². The first-order valence-corrected chi connectivity index (χ1v) is 9.54. The number of amides is 1. The SMILES string of the molecule is Cc1ccc([C@H](CN2CCOCC2)NC(=O)[C@@H]2C[C@H]3C=C[C@H]2C3)cc1. The minimum atomic E-state index is 0.0503. The zero-order valence-electron chi connectivity index (χ0n) is 15.0. The van der Waals surface area contributed by atoms with Crippen LogP contribution in [0.15, 0.2) is 36.4 Å². The van der Waals surface area contributed by atoms with Crippen LogP contribution in [-0.2, 0) is 9.53 Å². The Morgan fingerprint density at radius 3 is 2.60 bits per heavy atom. The average molecular weight is 340 g/mol. The normalized spacial score (nSPS) is 29.7. The first-order chi connectivity index (χ1) is 12.2. The molecule has 134 valence electrons. The second kappa shape index (κ2) is 7.30. The van der Waals surface area contributed by atoms with Crippen LogP contribution in [0.3, 0.4) is 0 Å². The van der Waals surface area contributed by atoms with Gasteiger partial charge in [-0.25, -0.2) is 0 Å². The van der Waals surface area contributed by atoms with Gasteiger partial charge in [0.2, 0.25) is 5.91 Å². The van der Waals surface area contributed by atoms with Gasteiger partial charge in [-0.15, -0.1) is 0 Å². The number of allylic oxidation sites excluding steroid dienone is 2. The minimum absolute atomic E-state index is 0.0503. The van der Waals surface area contributed by atoms with Gasteiger partial charge in [-0.1, -0.05) is 42.0 Å². The lowest BCUT2D eigenvalue weighted by molar-refractivity contribution is -0.126. The molecule has 0 spiro atoms. The van der Waals surface area contributed by atoms with Crippen LogP contribution in [0.4, 0.5) is 0 Å². The van der Waals surface area contributed by atoms with E-state index in [0.29, 0.717) is 11.8 Å². The van der Waals surface area contributed by atoms with E-state index in [9.17, 15) is 4.79 Å². The molecular weight excluding hydrogens is 312 g/mol. The highest BCUT2D eigenvalue weighted by Crippen LogP contribution is 2.43. The first kappa shape index (κ1) is 16.8. The Balaban J connectivity index is 1.47. The zero-order valence-corrected chi connectivity index (χ0v) is 15.0. The Labute approximate surface area is 150 Å². The number of fused-ring (bicyclic) bond motifs is 2. The highest BCUT2D eigenvalue weighted by atomic mass is 16.5. The zero-order chi connectivity index (χ0) is 17.2. The lowest BCUT2D eigenvalue weighted by Gasteiger charge is -2.32. The third-order valence-electron chi connectivity index (χ3n) is 5.96. The summed E-state index contributed by atoms with van der Waals surface area (Å²) in [6.07, 6.45) is 6.73. The van der Waals surface area contributed by atoms with Gasteiger partial charge < -0.3 is 10.1 Å². The van der Waals surface area contributed by atoms with Crippen LogP contribution >= 0.6 is 0 Å². The van der Waals surface area contributed by atoms with E-state index in [1.165, 1.54) is 11.1 Å². The van der Waals surface area contributed by atoms with Crippen molar-refractivity contribution >= 4 is 5.91 Å². The van der Waals surface area contributed by atoms with Crippen molar-refractivity contribution < 1.29 is 9.53 Å². The number of nitrogens with one attached hydrogen (secondary N) is 1. The molecule has 1 aromatic carbocycles. The monoisotopic (exact) mass is 340 g/mol. The lowest BCUT2D eigenvalue weighted by Crippen LogP contribution is -2.44. The molecule has 1 heterocycles. The molecule has 0 unspecified atom stereocenters. The smallest absolute Gasteiger partial charge is 0.224 e. The molecule has 4 rings (SSSR count). The fourth-order valence-corrected chi connectivity index (χ4v) is 4.44. The number of rotatable bonds is 5. The van der Waals surface area contributed by atoms with Crippen molar-refractivity contribution in [1.29, 1.82) is 0 Å². The molecule has 4 nitrogen and oxygen atoms in total. The van der Waals surface area contributed by atoms with Crippen molar-refractivity contribution in [2.75, 3.05) is 32.8 Å². The van der Waals surface area contributed by atoms with Crippen LogP contribution in [0.5, 0.6) is 0 Å². The number of ether oxygens (including phenoxy) is 1. The Morgan fingerprint density at radius 1 is 1.20 bits per heavy atom. The van der Waals surface area contributed by atoms with Crippen molar-refractivity contribution in [2.45, 2.75) is 25.8 Å². The number of aryl methyl sites for hydroxylation is 1. The maximum Gasteiger partial charge on any atom is 0.224 e. The summed E-state index contributed by atoms with van der Waals surface area (Å²) in [5.41, 5.74) is 2.45. The Bertz CT molecular complexity index is 634. The van der Waals surface area contributed by atoms with Gasteiger partial charge in [-0.3, -0.25) is 9.69 Å². The molecule has 3 aliphatic rings. The van der Waals surface area contributed by atoms with E-state index >= 15 is 0 Å². The van der Waals surface area contributed by atoms with Gasteiger partial charge >= 0.3 is 0 Å². The lowest BCUT2D eigenvalue weighted by atomic mass is 9.92. The molecular formula is C21H28N2O2. The fourth-order valence-electron chi connectivity index (χ4n) is 4.44. The fraction of sp³-hybridized carbons (Fsp3) is 0.571. The van der Waals surface area contributed by atoms with Crippen molar-refractivity contribution in [3.63, 3.8) is 0 Å². The highest BCUT2D eigenvalue weighted by Gasteiger charge is 2.40. The maximum atomic E-state index is 12.9. The number of morpholine rings is 1. The summed E-state index contributed by atoms with van der Waals surface area (Å²) in [7, 11) is 0. The minimum Gasteiger partial charge on any atom is -0.379 e. The van der Waals surface area contributed by atoms with E-state index in [2.05, 4.69) is 53.6 Å². The summed E-state index contributed by atoms with van der Waals surface area (Å²) in [5, 5.41) is 3.37. The quantitative estimate of drug-likeness (QED) is 0.838. The van der Waals surface area contributed by atoms with Gasteiger partial charge in [-0.2, -0.15) is 0 Å². The van der Waals surface area contributed by atoms with E-state index in [1.807, 2.05) is 0 Å². The molecule has 0 aromatic heterocycles. The number of benzene rings is 1. The van der Waals surface area contributed by atoms with E-state index in [4.69, 9.17) is 4.74 Å². The van der Waals surface area contributed by atoms with Crippen LogP contribution in [0.2, 0.25) is 0 Å². The van der Waals surface area contributed by atoms with Gasteiger partial charge in [0.25, 0.3) is 0 Å². The molecule has 2 bridgehead atoms. The summed E-state index contributed by atoms with van der Waals surface area (Å²) < 4.78 is 5.46. The van der Waals surface area contributed by atoms with E-state index < -0.39 is 0 Å². The standard InChI is InChI=1S/C21H28N2O2/c1-15-2-5-17(6-3-15)20(14-23-8-10-25-11-9-23)22-21(24)19-13-16-4-7-18(19)12-16/h2-7,16,18-20H,8-14H2,1H3,(H,22,24)/t16-,18-,19+,20-/m0/s1. The molecule has 2 aliphatic carbocycles. The number of hydrogen-bond donors (Lipinski definition) is 1. The third kappa shape index (κ3) is 3.80. The van der Waals surface area contributed by atoms with Crippen LogP contribution in [0, 0.1) is 24.7 Å².